The van der Waals surface area contributed by atoms with Gasteiger partial charge in [-0.15, -0.1) is 11.8 Å². The molecule has 0 saturated carbocycles. The van der Waals surface area contributed by atoms with Crippen molar-refractivity contribution in [3.8, 4) is 0 Å². The average molecular weight is 309 g/mol. The van der Waals surface area contributed by atoms with Crippen LogP contribution in [0.15, 0.2) is 24.3 Å². The Balaban J connectivity index is 1.63. The first kappa shape index (κ1) is 14.8. The van der Waals surface area contributed by atoms with Crippen molar-refractivity contribution in [1.82, 2.24) is 15.1 Å². The molecule has 0 spiro atoms. The van der Waals surface area contributed by atoms with E-state index in [-0.39, 0.29) is 17.1 Å². The molecule has 1 N–H and O–H groups in total. The highest BCUT2D eigenvalue weighted by molar-refractivity contribution is 8.00. The maximum Gasteiger partial charge on any atom is 0.233 e. The number of carbonyl (C=O) groups excluding carboxylic acids is 1. The summed E-state index contributed by atoms with van der Waals surface area (Å²) in [7, 11) is 0. The molecular weight excluding hydrogens is 289 g/mol. The molecule has 0 aliphatic carbocycles. The van der Waals surface area contributed by atoms with Crippen molar-refractivity contribution >= 4 is 17.7 Å². The number of hydrogen-bond donors (Lipinski definition) is 1. The Hall–Kier alpha value is -1.11. The van der Waals surface area contributed by atoms with Crippen molar-refractivity contribution in [2.75, 3.05) is 45.0 Å². The fourth-order valence-electron chi connectivity index (χ4n) is 2.78. The first-order chi connectivity index (χ1) is 10.2. The topological polar surface area (TPSA) is 35.6 Å². The number of benzene rings is 1. The van der Waals surface area contributed by atoms with E-state index in [9.17, 15) is 9.18 Å². The maximum atomic E-state index is 13.0. The summed E-state index contributed by atoms with van der Waals surface area (Å²) in [6.45, 7) is 5.76. The van der Waals surface area contributed by atoms with Gasteiger partial charge < -0.3 is 10.2 Å². The van der Waals surface area contributed by atoms with Gasteiger partial charge in [0, 0.05) is 39.3 Å². The summed E-state index contributed by atoms with van der Waals surface area (Å²) in [6.07, 6.45) is 0. The van der Waals surface area contributed by atoms with E-state index in [1.807, 2.05) is 4.90 Å². The van der Waals surface area contributed by atoms with Gasteiger partial charge in [0.15, 0.2) is 0 Å². The van der Waals surface area contributed by atoms with Crippen molar-refractivity contribution < 1.29 is 9.18 Å². The molecule has 1 amide bonds. The van der Waals surface area contributed by atoms with Crippen LogP contribution in [0.5, 0.6) is 0 Å². The van der Waals surface area contributed by atoms with Crippen LogP contribution < -0.4 is 5.32 Å². The van der Waals surface area contributed by atoms with E-state index in [2.05, 4.69) is 10.2 Å². The Bertz CT molecular complexity index is 490. The fraction of sp³-hybridized carbons (Fsp3) is 0.533. The Morgan fingerprint density at radius 1 is 1.19 bits per heavy atom. The minimum Gasteiger partial charge on any atom is -0.325 e. The molecule has 4 nitrogen and oxygen atoms in total. The largest absolute Gasteiger partial charge is 0.325 e. The van der Waals surface area contributed by atoms with Gasteiger partial charge in [0.2, 0.25) is 5.91 Å². The van der Waals surface area contributed by atoms with Gasteiger partial charge in [-0.1, -0.05) is 12.1 Å². The van der Waals surface area contributed by atoms with E-state index in [4.69, 9.17) is 0 Å². The van der Waals surface area contributed by atoms with Gasteiger partial charge in [-0.3, -0.25) is 9.69 Å². The molecule has 1 aromatic carbocycles. The Morgan fingerprint density at radius 2 is 1.90 bits per heavy atom. The van der Waals surface area contributed by atoms with Crippen LogP contribution >= 0.6 is 11.8 Å². The summed E-state index contributed by atoms with van der Waals surface area (Å²) in [4.78, 5) is 16.4. The highest BCUT2D eigenvalue weighted by Crippen LogP contribution is 2.38. The van der Waals surface area contributed by atoms with E-state index in [1.54, 1.807) is 23.9 Å². The molecule has 2 heterocycles. The third-order valence-electron chi connectivity index (χ3n) is 3.99. The molecule has 0 bridgehead atoms. The zero-order valence-corrected chi connectivity index (χ0v) is 12.7. The molecular formula is C15H20FN3OS. The quantitative estimate of drug-likeness (QED) is 0.909. The molecule has 6 heteroatoms. The van der Waals surface area contributed by atoms with E-state index >= 15 is 0 Å². The van der Waals surface area contributed by atoms with Crippen LogP contribution in [0.25, 0.3) is 0 Å². The molecule has 2 fully saturated rings. The highest BCUT2D eigenvalue weighted by Gasteiger charge is 2.32. The van der Waals surface area contributed by atoms with Crippen molar-refractivity contribution in [3.05, 3.63) is 35.6 Å². The fourth-order valence-corrected chi connectivity index (χ4v) is 4.00. The molecule has 1 unspecified atom stereocenters. The van der Waals surface area contributed by atoms with Crippen LogP contribution in [0.4, 0.5) is 4.39 Å². The number of nitrogens with zero attached hydrogens (tertiary/aromatic N) is 2. The summed E-state index contributed by atoms with van der Waals surface area (Å²) < 4.78 is 13.0. The van der Waals surface area contributed by atoms with Crippen molar-refractivity contribution in [2.45, 2.75) is 5.37 Å². The summed E-state index contributed by atoms with van der Waals surface area (Å²) in [5.41, 5.74) is 1.01. The summed E-state index contributed by atoms with van der Waals surface area (Å²) in [5.74, 6) is 0.466. The van der Waals surface area contributed by atoms with Crippen LogP contribution in [-0.4, -0.2) is 60.7 Å². The monoisotopic (exact) mass is 309 g/mol. The van der Waals surface area contributed by atoms with Gasteiger partial charge >= 0.3 is 0 Å². The number of carbonyl (C=O) groups is 1. The minimum atomic E-state index is -0.236. The molecule has 0 radical (unpaired) electrons. The molecule has 1 atom stereocenters. The molecule has 0 aromatic heterocycles. The standard InChI is InChI=1S/C15H20FN3OS/c16-13-3-1-12(2-4-13)15-19(14(20)11-21-15)10-9-18-7-5-17-6-8-18/h1-4,15,17H,5-11H2. The van der Waals surface area contributed by atoms with Crippen LogP contribution in [0.3, 0.4) is 0 Å². The lowest BCUT2D eigenvalue weighted by molar-refractivity contribution is -0.128. The van der Waals surface area contributed by atoms with E-state index in [1.165, 1.54) is 12.1 Å². The van der Waals surface area contributed by atoms with Crippen molar-refractivity contribution in [1.29, 1.82) is 0 Å². The van der Waals surface area contributed by atoms with Gasteiger partial charge in [0.25, 0.3) is 0 Å². The van der Waals surface area contributed by atoms with Crippen LogP contribution in [0.2, 0.25) is 0 Å². The van der Waals surface area contributed by atoms with Gasteiger partial charge in [-0.05, 0) is 17.7 Å². The maximum absolute atomic E-state index is 13.0. The number of halogens is 1. The second kappa shape index (κ2) is 6.77. The summed E-state index contributed by atoms with van der Waals surface area (Å²) >= 11 is 1.63. The SMILES string of the molecule is O=C1CSC(c2ccc(F)cc2)N1CCN1CCNCC1. The van der Waals surface area contributed by atoms with Gasteiger partial charge in [-0.2, -0.15) is 0 Å². The van der Waals surface area contributed by atoms with Crippen LogP contribution in [-0.2, 0) is 4.79 Å². The molecule has 21 heavy (non-hydrogen) atoms. The third kappa shape index (κ3) is 3.56. The number of rotatable bonds is 4. The lowest BCUT2D eigenvalue weighted by atomic mass is 10.2. The van der Waals surface area contributed by atoms with E-state index < -0.39 is 0 Å². The second-order valence-corrected chi connectivity index (χ2v) is 6.46. The predicted octanol–water partition coefficient (Wildman–Crippen LogP) is 1.30. The zero-order chi connectivity index (χ0) is 14.7. The third-order valence-corrected chi connectivity index (χ3v) is 5.25. The minimum absolute atomic E-state index is 0.0287. The van der Waals surface area contributed by atoms with E-state index in [0.29, 0.717) is 5.75 Å². The van der Waals surface area contributed by atoms with Crippen molar-refractivity contribution in [3.63, 3.8) is 0 Å². The molecule has 1 aromatic rings. The molecule has 2 saturated heterocycles. The molecule has 114 valence electrons. The smallest absolute Gasteiger partial charge is 0.233 e. The number of amides is 1. The zero-order valence-electron chi connectivity index (χ0n) is 11.9. The number of hydrogen-bond acceptors (Lipinski definition) is 4. The molecule has 2 aliphatic rings. The average Bonchev–Trinajstić information content (AvgIpc) is 2.88. The van der Waals surface area contributed by atoms with E-state index in [0.717, 1.165) is 44.8 Å². The number of piperazine rings is 1. The Labute approximate surface area is 128 Å². The second-order valence-electron chi connectivity index (χ2n) is 5.39. The van der Waals surface area contributed by atoms with Crippen molar-refractivity contribution in [2.24, 2.45) is 0 Å². The number of thioether (sulfide) groups is 1. The Kier molecular flexibility index (Phi) is 4.77. The lowest BCUT2D eigenvalue weighted by Gasteiger charge is -2.31. The lowest BCUT2D eigenvalue weighted by Crippen LogP contribution is -2.46. The first-order valence-corrected chi connectivity index (χ1v) is 8.38. The van der Waals surface area contributed by atoms with Gasteiger partial charge in [-0.25, -0.2) is 4.39 Å². The van der Waals surface area contributed by atoms with Gasteiger partial charge in [0.05, 0.1) is 5.75 Å². The molecule has 2 aliphatic heterocycles. The predicted molar refractivity (Wildman–Crippen MR) is 82.6 cm³/mol. The summed E-state index contributed by atoms with van der Waals surface area (Å²) in [6, 6.07) is 6.49. The van der Waals surface area contributed by atoms with Crippen LogP contribution in [0.1, 0.15) is 10.9 Å². The first-order valence-electron chi connectivity index (χ1n) is 7.33. The molecule has 3 rings (SSSR count). The Morgan fingerprint density at radius 3 is 2.62 bits per heavy atom. The summed E-state index contributed by atoms with van der Waals surface area (Å²) in [5, 5.41) is 3.36. The normalized spacial score (nSPS) is 23.8. The number of nitrogens with one attached hydrogen (secondary N) is 1. The van der Waals surface area contributed by atoms with Crippen LogP contribution in [0, 0.1) is 5.82 Å². The highest BCUT2D eigenvalue weighted by atomic mass is 32.2. The van der Waals surface area contributed by atoms with Gasteiger partial charge in [0.1, 0.15) is 11.2 Å².